The van der Waals surface area contributed by atoms with Crippen molar-refractivity contribution < 1.29 is 13.6 Å². The van der Waals surface area contributed by atoms with Gasteiger partial charge in [0.25, 0.3) is 0 Å². The Kier molecular flexibility index (Phi) is 4.46. The van der Waals surface area contributed by atoms with E-state index in [1.54, 1.807) is 4.90 Å². The Balaban J connectivity index is 1.92. The van der Waals surface area contributed by atoms with Crippen LogP contribution in [-0.2, 0) is 0 Å². The van der Waals surface area contributed by atoms with Crippen molar-refractivity contribution in [2.45, 2.75) is 26.3 Å². The monoisotopic (exact) mass is 297 g/mol. The molecule has 0 atom stereocenters. The fourth-order valence-electron chi connectivity index (χ4n) is 2.36. The molecule has 1 aromatic rings. The quantitative estimate of drug-likeness (QED) is 0.865. The van der Waals surface area contributed by atoms with Crippen LogP contribution in [0.4, 0.5) is 19.3 Å². The largest absolute Gasteiger partial charge is 0.322 e. The van der Waals surface area contributed by atoms with Crippen molar-refractivity contribution in [3.05, 3.63) is 29.8 Å². The van der Waals surface area contributed by atoms with Crippen molar-refractivity contribution >= 4 is 11.7 Å². The highest BCUT2D eigenvalue weighted by molar-refractivity contribution is 5.89. The highest BCUT2D eigenvalue weighted by Crippen LogP contribution is 2.17. The molecule has 1 fully saturated rings. The lowest BCUT2D eigenvalue weighted by molar-refractivity contribution is 0.0774. The number of carbonyl (C=O) groups excluding carboxylic acids is 1. The molecule has 2 amide bonds. The van der Waals surface area contributed by atoms with Gasteiger partial charge in [0, 0.05) is 43.5 Å². The summed E-state index contributed by atoms with van der Waals surface area (Å²) in [7, 11) is 0. The predicted molar refractivity (Wildman–Crippen MR) is 78.3 cm³/mol. The third-order valence-corrected chi connectivity index (χ3v) is 3.69. The zero-order valence-corrected chi connectivity index (χ0v) is 12.6. The minimum absolute atomic E-state index is 0.0860. The zero-order chi connectivity index (χ0) is 15.6. The van der Waals surface area contributed by atoms with E-state index in [2.05, 4.69) is 31.0 Å². The maximum Gasteiger partial charge on any atom is 0.321 e. The smallest absolute Gasteiger partial charge is 0.321 e. The molecule has 1 aliphatic rings. The molecule has 0 spiro atoms. The lowest BCUT2D eigenvalue weighted by atomic mass is 10.1. The van der Waals surface area contributed by atoms with E-state index in [0.717, 1.165) is 25.2 Å². The molecule has 0 bridgehead atoms. The van der Waals surface area contributed by atoms with Crippen molar-refractivity contribution in [3.63, 3.8) is 0 Å². The predicted octanol–water partition coefficient (Wildman–Crippen LogP) is 2.91. The summed E-state index contributed by atoms with van der Waals surface area (Å²) < 4.78 is 25.9. The summed E-state index contributed by atoms with van der Waals surface area (Å²) in [5, 5.41) is 2.60. The van der Waals surface area contributed by atoms with Crippen LogP contribution in [0.15, 0.2) is 18.2 Å². The van der Waals surface area contributed by atoms with Crippen LogP contribution in [0.2, 0.25) is 0 Å². The molecule has 21 heavy (non-hydrogen) atoms. The van der Waals surface area contributed by atoms with Crippen LogP contribution in [-0.4, -0.2) is 47.5 Å². The first-order valence-corrected chi connectivity index (χ1v) is 7.03. The molecule has 1 N–H and O–H groups in total. The maximum atomic E-state index is 13.1. The first kappa shape index (κ1) is 15.7. The maximum absolute atomic E-state index is 13.1. The standard InChI is InChI=1S/C15H21F2N3O/c1-15(2,3)20-8-6-19(7-9-20)14(21)18-11-4-5-12(16)13(17)10-11/h4-5,10H,6-9H2,1-3H3,(H,18,21). The van der Waals surface area contributed by atoms with Crippen LogP contribution in [0.3, 0.4) is 0 Å². The summed E-state index contributed by atoms with van der Waals surface area (Å²) in [5.41, 5.74) is 0.347. The molecule has 6 heteroatoms. The van der Waals surface area contributed by atoms with E-state index in [-0.39, 0.29) is 17.3 Å². The number of nitrogens with zero attached hydrogens (tertiary/aromatic N) is 2. The summed E-state index contributed by atoms with van der Waals surface area (Å²) >= 11 is 0. The molecule has 116 valence electrons. The number of nitrogens with one attached hydrogen (secondary N) is 1. The molecular formula is C15H21F2N3O. The van der Waals surface area contributed by atoms with Crippen LogP contribution in [0, 0.1) is 11.6 Å². The van der Waals surface area contributed by atoms with Gasteiger partial charge >= 0.3 is 6.03 Å². The number of anilines is 1. The molecule has 1 saturated heterocycles. The van der Waals surface area contributed by atoms with E-state index < -0.39 is 11.6 Å². The highest BCUT2D eigenvalue weighted by Gasteiger charge is 2.27. The van der Waals surface area contributed by atoms with Gasteiger partial charge < -0.3 is 10.2 Å². The number of benzene rings is 1. The lowest BCUT2D eigenvalue weighted by Gasteiger charge is -2.42. The third-order valence-electron chi connectivity index (χ3n) is 3.69. The van der Waals surface area contributed by atoms with E-state index in [1.807, 2.05) is 0 Å². The summed E-state index contributed by atoms with van der Waals surface area (Å²) in [6.07, 6.45) is 0. The van der Waals surface area contributed by atoms with Crippen molar-refractivity contribution in [1.82, 2.24) is 9.80 Å². The van der Waals surface area contributed by atoms with Gasteiger partial charge in [-0.25, -0.2) is 13.6 Å². The summed E-state index contributed by atoms with van der Waals surface area (Å²) in [4.78, 5) is 16.1. The van der Waals surface area contributed by atoms with Gasteiger partial charge in [0.2, 0.25) is 0 Å². The second kappa shape index (κ2) is 5.97. The molecule has 2 rings (SSSR count). The zero-order valence-electron chi connectivity index (χ0n) is 12.6. The average molecular weight is 297 g/mol. The Hall–Kier alpha value is -1.69. The fourth-order valence-corrected chi connectivity index (χ4v) is 2.36. The lowest BCUT2D eigenvalue weighted by Crippen LogP contribution is -2.55. The Morgan fingerprint density at radius 2 is 1.71 bits per heavy atom. The highest BCUT2D eigenvalue weighted by atomic mass is 19.2. The molecule has 1 aliphatic heterocycles. The molecule has 0 saturated carbocycles. The number of piperazine rings is 1. The summed E-state index contributed by atoms with van der Waals surface area (Å²) in [5.74, 6) is -1.89. The van der Waals surface area contributed by atoms with E-state index in [0.29, 0.717) is 13.1 Å². The SMILES string of the molecule is CC(C)(C)N1CCN(C(=O)Nc2ccc(F)c(F)c2)CC1. The van der Waals surface area contributed by atoms with E-state index in [1.165, 1.54) is 6.07 Å². The molecule has 4 nitrogen and oxygen atoms in total. The minimum atomic E-state index is -0.967. The number of rotatable bonds is 1. The normalized spacial score (nSPS) is 16.9. The number of amides is 2. The van der Waals surface area contributed by atoms with Gasteiger partial charge in [-0.2, -0.15) is 0 Å². The first-order valence-electron chi connectivity index (χ1n) is 7.03. The van der Waals surface area contributed by atoms with E-state index in [9.17, 15) is 13.6 Å². The van der Waals surface area contributed by atoms with E-state index in [4.69, 9.17) is 0 Å². The van der Waals surface area contributed by atoms with Gasteiger partial charge in [-0.3, -0.25) is 4.90 Å². The van der Waals surface area contributed by atoms with Crippen LogP contribution < -0.4 is 5.32 Å². The Bertz CT molecular complexity index is 520. The number of halogens is 2. The fraction of sp³-hybridized carbons (Fsp3) is 0.533. The van der Waals surface area contributed by atoms with Gasteiger partial charge in [-0.15, -0.1) is 0 Å². The number of hydrogen-bond acceptors (Lipinski definition) is 2. The molecule has 1 aromatic carbocycles. The van der Waals surface area contributed by atoms with Crippen LogP contribution in [0.1, 0.15) is 20.8 Å². The van der Waals surface area contributed by atoms with Gasteiger partial charge in [0.05, 0.1) is 0 Å². The van der Waals surface area contributed by atoms with Crippen molar-refractivity contribution in [2.24, 2.45) is 0 Å². The summed E-state index contributed by atoms with van der Waals surface area (Å²) in [6.45, 7) is 9.26. The average Bonchev–Trinajstić information content (AvgIpc) is 2.42. The van der Waals surface area contributed by atoms with Crippen molar-refractivity contribution in [1.29, 1.82) is 0 Å². The second-order valence-corrected chi connectivity index (χ2v) is 6.20. The Morgan fingerprint density at radius 1 is 1.10 bits per heavy atom. The molecule has 0 aromatic heterocycles. The van der Waals surface area contributed by atoms with Crippen molar-refractivity contribution in [3.8, 4) is 0 Å². The Morgan fingerprint density at radius 3 is 2.24 bits per heavy atom. The second-order valence-electron chi connectivity index (χ2n) is 6.20. The van der Waals surface area contributed by atoms with Crippen LogP contribution in [0.25, 0.3) is 0 Å². The van der Waals surface area contributed by atoms with Gasteiger partial charge in [0.15, 0.2) is 11.6 Å². The number of urea groups is 1. The molecule has 0 aliphatic carbocycles. The molecule has 0 unspecified atom stereocenters. The molecule has 1 heterocycles. The topological polar surface area (TPSA) is 35.6 Å². The summed E-state index contributed by atoms with van der Waals surface area (Å²) in [6, 6.07) is 3.05. The third kappa shape index (κ3) is 3.91. The van der Waals surface area contributed by atoms with Gasteiger partial charge in [-0.05, 0) is 32.9 Å². The van der Waals surface area contributed by atoms with Crippen molar-refractivity contribution in [2.75, 3.05) is 31.5 Å². The number of carbonyl (C=O) groups is 1. The Labute approximate surface area is 123 Å². The molecule has 0 radical (unpaired) electrons. The van der Waals surface area contributed by atoms with Crippen LogP contribution in [0.5, 0.6) is 0 Å². The van der Waals surface area contributed by atoms with Crippen LogP contribution >= 0.6 is 0 Å². The van der Waals surface area contributed by atoms with E-state index >= 15 is 0 Å². The first-order chi connectivity index (χ1) is 9.77. The van der Waals surface area contributed by atoms with Gasteiger partial charge in [-0.1, -0.05) is 0 Å². The van der Waals surface area contributed by atoms with Gasteiger partial charge in [0.1, 0.15) is 0 Å². The number of hydrogen-bond donors (Lipinski definition) is 1. The minimum Gasteiger partial charge on any atom is -0.322 e. The molecular weight excluding hydrogens is 276 g/mol.